The third-order valence-electron chi connectivity index (χ3n) is 3.37. The van der Waals surface area contributed by atoms with E-state index in [0.29, 0.717) is 19.5 Å². The van der Waals surface area contributed by atoms with Crippen LogP contribution in [0, 0.1) is 0 Å². The molecule has 0 bridgehead atoms. The standard InChI is InChI=1S/C14H17F3N2O2/c1-21-13(20)19-5-4-11-6-10(2-3-12(11)8-19)7-18-9-14(15,16)17/h2-3,6,18H,4-5,7-9H2,1H3. The Morgan fingerprint density at radius 3 is 2.81 bits per heavy atom. The fourth-order valence-corrected chi connectivity index (χ4v) is 2.35. The van der Waals surface area contributed by atoms with Crippen molar-refractivity contribution in [3.8, 4) is 0 Å². The van der Waals surface area contributed by atoms with Gasteiger partial charge in [0, 0.05) is 19.6 Å². The molecule has 1 amide bonds. The van der Waals surface area contributed by atoms with E-state index in [0.717, 1.165) is 16.7 Å². The van der Waals surface area contributed by atoms with Gasteiger partial charge in [-0.25, -0.2) is 4.79 Å². The zero-order valence-electron chi connectivity index (χ0n) is 11.7. The van der Waals surface area contributed by atoms with Gasteiger partial charge >= 0.3 is 12.3 Å². The second kappa shape index (κ2) is 6.34. The Labute approximate surface area is 120 Å². The summed E-state index contributed by atoms with van der Waals surface area (Å²) in [5.74, 6) is 0. The largest absolute Gasteiger partial charge is 0.453 e. The van der Waals surface area contributed by atoms with E-state index in [9.17, 15) is 18.0 Å². The lowest BCUT2D eigenvalue weighted by Gasteiger charge is -2.28. The van der Waals surface area contributed by atoms with Crippen molar-refractivity contribution < 1.29 is 22.7 Å². The Morgan fingerprint density at radius 2 is 2.14 bits per heavy atom. The zero-order valence-corrected chi connectivity index (χ0v) is 11.7. The van der Waals surface area contributed by atoms with Gasteiger partial charge < -0.3 is 15.0 Å². The predicted octanol–water partition coefficient (Wildman–Crippen LogP) is 2.46. The first-order valence-corrected chi connectivity index (χ1v) is 6.60. The highest BCUT2D eigenvalue weighted by Gasteiger charge is 2.26. The van der Waals surface area contributed by atoms with Crippen molar-refractivity contribution >= 4 is 6.09 Å². The number of ether oxygens (including phenoxy) is 1. The lowest BCUT2D eigenvalue weighted by atomic mass is 9.97. The molecule has 0 unspecified atom stereocenters. The maximum absolute atomic E-state index is 12.1. The molecule has 1 aromatic rings. The number of amides is 1. The predicted molar refractivity (Wildman–Crippen MR) is 70.7 cm³/mol. The highest BCUT2D eigenvalue weighted by Crippen LogP contribution is 2.21. The number of hydrogen-bond acceptors (Lipinski definition) is 3. The van der Waals surface area contributed by atoms with Crippen molar-refractivity contribution in [1.29, 1.82) is 0 Å². The molecule has 0 saturated carbocycles. The van der Waals surface area contributed by atoms with Crippen LogP contribution in [0.1, 0.15) is 16.7 Å². The van der Waals surface area contributed by atoms with E-state index in [1.807, 2.05) is 12.1 Å². The van der Waals surface area contributed by atoms with Crippen LogP contribution in [-0.2, 0) is 24.2 Å². The maximum atomic E-state index is 12.1. The van der Waals surface area contributed by atoms with Crippen molar-refractivity contribution in [2.75, 3.05) is 20.2 Å². The average molecular weight is 302 g/mol. The summed E-state index contributed by atoms with van der Waals surface area (Å²) in [7, 11) is 1.34. The summed E-state index contributed by atoms with van der Waals surface area (Å²) in [5, 5.41) is 2.38. The quantitative estimate of drug-likeness (QED) is 0.932. The molecule has 1 aliphatic rings. The SMILES string of the molecule is COC(=O)N1CCc2cc(CNCC(F)(F)F)ccc2C1. The Hall–Kier alpha value is -1.76. The minimum Gasteiger partial charge on any atom is -0.453 e. The number of methoxy groups -OCH3 is 1. The average Bonchev–Trinajstić information content (AvgIpc) is 2.44. The van der Waals surface area contributed by atoms with E-state index in [1.165, 1.54) is 7.11 Å². The number of rotatable bonds is 3. The molecule has 1 aliphatic heterocycles. The van der Waals surface area contributed by atoms with Crippen molar-refractivity contribution in [1.82, 2.24) is 10.2 Å². The summed E-state index contributed by atoms with van der Waals surface area (Å²) in [6.45, 7) is 0.199. The van der Waals surface area contributed by atoms with Crippen LogP contribution in [0.25, 0.3) is 0 Å². The van der Waals surface area contributed by atoms with Gasteiger partial charge in [-0.15, -0.1) is 0 Å². The minimum atomic E-state index is -4.20. The van der Waals surface area contributed by atoms with Crippen LogP contribution in [0.4, 0.5) is 18.0 Å². The number of benzene rings is 1. The maximum Gasteiger partial charge on any atom is 0.409 e. The van der Waals surface area contributed by atoms with Gasteiger partial charge in [0.1, 0.15) is 0 Å². The number of carbonyl (C=O) groups excluding carboxylic acids is 1. The second-order valence-electron chi connectivity index (χ2n) is 4.96. The zero-order chi connectivity index (χ0) is 15.5. The molecule has 21 heavy (non-hydrogen) atoms. The van der Waals surface area contributed by atoms with E-state index in [2.05, 4.69) is 10.1 Å². The van der Waals surface area contributed by atoms with Gasteiger partial charge in [-0.3, -0.25) is 0 Å². The molecule has 0 saturated heterocycles. The summed E-state index contributed by atoms with van der Waals surface area (Å²) in [6, 6.07) is 5.53. The molecule has 0 spiro atoms. The molecule has 1 heterocycles. The van der Waals surface area contributed by atoms with Crippen LogP contribution >= 0.6 is 0 Å². The van der Waals surface area contributed by atoms with Crippen LogP contribution < -0.4 is 5.32 Å². The first kappa shape index (κ1) is 15.6. The molecule has 7 heteroatoms. The van der Waals surface area contributed by atoms with Crippen LogP contribution in [-0.4, -0.2) is 37.4 Å². The summed E-state index contributed by atoms with van der Waals surface area (Å²) in [5.41, 5.74) is 2.89. The normalized spacial score (nSPS) is 14.8. The Kier molecular flexibility index (Phi) is 4.72. The first-order valence-electron chi connectivity index (χ1n) is 6.60. The van der Waals surface area contributed by atoms with Gasteiger partial charge in [-0.2, -0.15) is 13.2 Å². The van der Waals surface area contributed by atoms with Gasteiger partial charge in [-0.1, -0.05) is 18.2 Å². The van der Waals surface area contributed by atoms with Crippen molar-refractivity contribution in [3.63, 3.8) is 0 Å². The lowest BCUT2D eigenvalue weighted by Crippen LogP contribution is -2.35. The van der Waals surface area contributed by atoms with Crippen molar-refractivity contribution in [3.05, 3.63) is 34.9 Å². The summed E-state index contributed by atoms with van der Waals surface area (Å²) in [4.78, 5) is 13.1. The van der Waals surface area contributed by atoms with Gasteiger partial charge in [-0.05, 0) is 23.1 Å². The fourth-order valence-electron chi connectivity index (χ4n) is 2.35. The van der Waals surface area contributed by atoms with Gasteiger partial charge in [0.2, 0.25) is 0 Å². The molecule has 0 aliphatic carbocycles. The number of nitrogens with zero attached hydrogens (tertiary/aromatic N) is 1. The molecule has 1 aromatic carbocycles. The number of hydrogen-bond donors (Lipinski definition) is 1. The van der Waals surface area contributed by atoms with E-state index in [4.69, 9.17) is 0 Å². The van der Waals surface area contributed by atoms with Gasteiger partial charge in [0.05, 0.1) is 13.7 Å². The van der Waals surface area contributed by atoms with Gasteiger partial charge in [0.15, 0.2) is 0 Å². The third kappa shape index (κ3) is 4.35. The van der Waals surface area contributed by atoms with Crippen LogP contribution in [0.2, 0.25) is 0 Å². The Balaban J connectivity index is 1.96. The minimum absolute atomic E-state index is 0.174. The topological polar surface area (TPSA) is 41.6 Å². The second-order valence-corrected chi connectivity index (χ2v) is 4.96. The molecular weight excluding hydrogens is 285 g/mol. The van der Waals surface area contributed by atoms with Gasteiger partial charge in [0.25, 0.3) is 0 Å². The summed E-state index contributed by atoms with van der Waals surface area (Å²) in [6.07, 6.45) is -3.89. The molecule has 0 atom stereocenters. The smallest absolute Gasteiger partial charge is 0.409 e. The van der Waals surface area contributed by atoms with E-state index in [-0.39, 0.29) is 12.6 Å². The van der Waals surface area contributed by atoms with E-state index in [1.54, 1.807) is 11.0 Å². The Morgan fingerprint density at radius 1 is 1.38 bits per heavy atom. The van der Waals surface area contributed by atoms with E-state index < -0.39 is 12.7 Å². The number of halogens is 3. The lowest BCUT2D eigenvalue weighted by molar-refractivity contribution is -0.125. The molecule has 116 valence electrons. The van der Waals surface area contributed by atoms with Crippen molar-refractivity contribution in [2.24, 2.45) is 0 Å². The van der Waals surface area contributed by atoms with Crippen LogP contribution in [0.3, 0.4) is 0 Å². The summed E-state index contributed by atoms with van der Waals surface area (Å²) >= 11 is 0. The van der Waals surface area contributed by atoms with Crippen molar-refractivity contribution in [2.45, 2.75) is 25.7 Å². The molecule has 4 nitrogen and oxygen atoms in total. The number of carbonyl (C=O) groups is 1. The Bertz CT molecular complexity index is 517. The number of alkyl halides is 3. The summed E-state index contributed by atoms with van der Waals surface area (Å²) < 4.78 is 40.9. The molecule has 0 radical (unpaired) electrons. The van der Waals surface area contributed by atoms with E-state index >= 15 is 0 Å². The third-order valence-corrected chi connectivity index (χ3v) is 3.37. The van der Waals surface area contributed by atoms with Crippen LogP contribution in [0.5, 0.6) is 0 Å². The monoisotopic (exact) mass is 302 g/mol. The number of fused-ring (bicyclic) bond motifs is 1. The molecule has 0 aromatic heterocycles. The fraction of sp³-hybridized carbons (Fsp3) is 0.500. The highest BCUT2D eigenvalue weighted by molar-refractivity contribution is 5.68. The molecule has 1 N–H and O–H groups in total. The highest BCUT2D eigenvalue weighted by atomic mass is 19.4. The molecule has 2 rings (SSSR count). The molecule has 0 fully saturated rings. The molecular formula is C14H17F3N2O2. The van der Waals surface area contributed by atoms with Crippen LogP contribution in [0.15, 0.2) is 18.2 Å². The first-order chi connectivity index (χ1) is 9.89. The number of nitrogens with one attached hydrogen (secondary N) is 1.